The average Bonchev–Trinajstić information content (AvgIpc) is 2.99. The van der Waals surface area contributed by atoms with Crippen LogP contribution in [0.15, 0.2) is 11.1 Å². The SMILES string of the molecule is CC.OCC12CCCN1CC(=C1CCOCC1)C2. The molecule has 0 aromatic heterocycles. The zero-order valence-electron chi connectivity index (χ0n) is 11.9. The number of fused-ring (bicyclic) bond motifs is 1. The minimum Gasteiger partial charge on any atom is -0.394 e. The molecule has 3 aliphatic rings. The third-order valence-corrected chi connectivity index (χ3v) is 4.56. The molecular formula is C15H27NO2. The summed E-state index contributed by atoms with van der Waals surface area (Å²) in [6, 6.07) is 0. The second-order valence-electron chi connectivity index (χ2n) is 5.40. The quantitative estimate of drug-likeness (QED) is 0.728. The molecule has 3 rings (SSSR count). The average molecular weight is 253 g/mol. The van der Waals surface area contributed by atoms with Gasteiger partial charge in [0.25, 0.3) is 0 Å². The van der Waals surface area contributed by atoms with Crippen LogP contribution in [0.1, 0.15) is 46.0 Å². The normalized spacial score (nSPS) is 32.2. The summed E-state index contributed by atoms with van der Waals surface area (Å²) in [6.45, 7) is 8.40. The fraction of sp³-hybridized carbons (Fsp3) is 0.867. The van der Waals surface area contributed by atoms with Crippen molar-refractivity contribution >= 4 is 0 Å². The van der Waals surface area contributed by atoms with E-state index in [9.17, 15) is 5.11 Å². The summed E-state index contributed by atoms with van der Waals surface area (Å²) in [5.41, 5.74) is 3.34. The first-order valence-electron chi connectivity index (χ1n) is 7.47. The van der Waals surface area contributed by atoms with Gasteiger partial charge in [-0.15, -0.1) is 0 Å². The zero-order valence-corrected chi connectivity index (χ0v) is 11.9. The summed E-state index contributed by atoms with van der Waals surface area (Å²) in [7, 11) is 0. The molecular weight excluding hydrogens is 226 g/mol. The lowest BCUT2D eigenvalue weighted by molar-refractivity contribution is 0.0999. The minimum atomic E-state index is 0.112. The summed E-state index contributed by atoms with van der Waals surface area (Å²) in [5.74, 6) is 0. The van der Waals surface area contributed by atoms with Gasteiger partial charge >= 0.3 is 0 Å². The number of hydrogen-bond donors (Lipinski definition) is 1. The molecule has 18 heavy (non-hydrogen) atoms. The highest BCUT2D eigenvalue weighted by Crippen LogP contribution is 2.42. The first kappa shape index (κ1) is 14.0. The summed E-state index contributed by atoms with van der Waals surface area (Å²) in [5, 5.41) is 9.65. The van der Waals surface area contributed by atoms with Crippen LogP contribution in [0.3, 0.4) is 0 Å². The van der Waals surface area contributed by atoms with Gasteiger partial charge in [0, 0.05) is 12.1 Å². The van der Waals surface area contributed by atoms with Crippen molar-refractivity contribution in [3.05, 3.63) is 11.1 Å². The Morgan fingerprint density at radius 1 is 1.22 bits per heavy atom. The van der Waals surface area contributed by atoms with E-state index in [4.69, 9.17) is 4.74 Å². The van der Waals surface area contributed by atoms with Crippen LogP contribution in [0.4, 0.5) is 0 Å². The van der Waals surface area contributed by atoms with Gasteiger partial charge in [0.2, 0.25) is 0 Å². The van der Waals surface area contributed by atoms with E-state index in [-0.39, 0.29) is 5.54 Å². The van der Waals surface area contributed by atoms with Gasteiger partial charge in [-0.3, -0.25) is 4.90 Å². The summed E-state index contributed by atoms with van der Waals surface area (Å²) in [4.78, 5) is 2.50. The molecule has 0 radical (unpaired) electrons. The molecule has 0 saturated carbocycles. The molecule has 3 heteroatoms. The van der Waals surface area contributed by atoms with Crippen molar-refractivity contribution < 1.29 is 9.84 Å². The van der Waals surface area contributed by atoms with Crippen molar-refractivity contribution in [1.82, 2.24) is 4.90 Å². The molecule has 0 amide bonds. The molecule has 0 bridgehead atoms. The van der Waals surface area contributed by atoms with Crippen LogP contribution < -0.4 is 0 Å². The third-order valence-electron chi connectivity index (χ3n) is 4.56. The number of aliphatic hydroxyl groups excluding tert-OH is 1. The second kappa shape index (κ2) is 6.18. The molecule has 1 atom stereocenters. The molecule has 3 heterocycles. The summed E-state index contributed by atoms with van der Waals surface area (Å²) < 4.78 is 5.41. The lowest BCUT2D eigenvalue weighted by Crippen LogP contribution is -2.41. The first-order chi connectivity index (χ1) is 8.84. The second-order valence-corrected chi connectivity index (χ2v) is 5.40. The predicted octanol–water partition coefficient (Wildman–Crippen LogP) is 2.35. The van der Waals surface area contributed by atoms with Crippen molar-refractivity contribution in [3.8, 4) is 0 Å². The Balaban J connectivity index is 0.000000574. The van der Waals surface area contributed by atoms with Gasteiger partial charge in [0.1, 0.15) is 0 Å². The van der Waals surface area contributed by atoms with E-state index < -0.39 is 0 Å². The van der Waals surface area contributed by atoms with E-state index in [0.717, 1.165) is 39.0 Å². The van der Waals surface area contributed by atoms with Crippen molar-refractivity contribution in [3.63, 3.8) is 0 Å². The van der Waals surface area contributed by atoms with E-state index in [1.807, 2.05) is 13.8 Å². The minimum absolute atomic E-state index is 0.112. The van der Waals surface area contributed by atoms with Crippen LogP contribution in [0.25, 0.3) is 0 Å². The highest BCUT2D eigenvalue weighted by atomic mass is 16.5. The van der Waals surface area contributed by atoms with Gasteiger partial charge < -0.3 is 9.84 Å². The lowest BCUT2D eigenvalue weighted by Gasteiger charge is -2.28. The van der Waals surface area contributed by atoms with Crippen molar-refractivity contribution in [1.29, 1.82) is 0 Å². The van der Waals surface area contributed by atoms with Gasteiger partial charge in [-0.1, -0.05) is 25.0 Å². The van der Waals surface area contributed by atoms with Crippen LogP contribution in [0.5, 0.6) is 0 Å². The molecule has 0 aromatic rings. The fourth-order valence-electron chi connectivity index (χ4n) is 3.57. The maximum absolute atomic E-state index is 9.65. The van der Waals surface area contributed by atoms with E-state index in [1.165, 1.54) is 19.4 Å². The monoisotopic (exact) mass is 253 g/mol. The molecule has 1 unspecified atom stereocenters. The predicted molar refractivity (Wildman–Crippen MR) is 73.7 cm³/mol. The number of nitrogens with zero attached hydrogens (tertiary/aromatic N) is 1. The molecule has 3 nitrogen and oxygen atoms in total. The highest BCUT2D eigenvalue weighted by molar-refractivity contribution is 5.26. The van der Waals surface area contributed by atoms with E-state index in [1.54, 1.807) is 11.1 Å². The Bertz CT molecular complexity index is 306. The van der Waals surface area contributed by atoms with Crippen LogP contribution in [-0.2, 0) is 4.74 Å². The zero-order chi connectivity index (χ0) is 13.0. The number of aliphatic hydroxyl groups is 1. The van der Waals surface area contributed by atoms with Crippen LogP contribution in [0, 0.1) is 0 Å². The van der Waals surface area contributed by atoms with Gasteiger partial charge in [0.15, 0.2) is 0 Å². The van der Waals surface area contributed by atoms with E-state index >= 15 is 0 Å². The van der Waals surface area contributed by atoms with Crippen LogP contribution >= 0.6 is 0 Å². The standard InChI is InChI=1S/C13H21NO2.C2H6/c15-10-13-4-1-5-14(13)9-12(8-13)11-2-6-16-7-3-11;1-2/h15H,1-10H2;1-2H3. The van der Waals surface area contributed by atoms with Gasteiger partial charge in [0.05, 0.1) is 19.8 Å². The lowest BCUT2D eigenvalue weighted by atomic mass is 9.90. The summed E-state index contributed by atoms with van der Waals surface area (Å²) >= 11 is 0. The van der Waals surface area contributed by atoms with E-state index in [2.05, 4.69) is 4.90 Å². The van der Waals surface area contributed by atoms with Crippen LogP contribution in [-0.4, -0.2) is 48.5 Å². The van der Waals surface area contributed by atoms with E-state index in [0.29, 0.717) is 6.61 Å². The molecule has 0 aromatic carbocycles. The van der Waals surface area contributed by atoms with Gasteiger partial charge in [-0.2, -0.15) is 0 Å². The molecule has 0 aliphatic carbocycles. The Morgan fingerprint density at radius 3 is 2.56 bits per heavy atom. The fourth-order valence-corrected chi connectivity index (χ4v) is 3.57. The smallest absolute Gasteiger partial charge is 0.0618 e. The van der Waals surface area contributed by atoms with Crippen molar-refractivity contribution in [2.45, 2.75) is 51.5 Å². The largest absolute Gasteiger partial charge is 0.394 e. The number of ether oxygens (including phenoxy) is 1. The Labute approximate surface area is 111 Å². The first-order valence-corrected chi connectivity index (χ1v) is 7.47. The molecule has 3 saturated heterocycles. The molecule has 3 fully saturated rings. The van der Waals surface area contributed by atoms with Gasteiger partial charge in [-0.05, 0) is 38.6 Å². The summed E-state index contributed by atoms with van der Waals surface area (Å²) in [6.07, 6.45) is 5.78. The van der Waals surface area contributed by atoms with Crippen molar-refractivity contribution in [2.24, 2.45) is 0 Å². The van der Waals surface area contributed by atoms with Gasteiger partial charge in [-0.25, -0.2) is 0 Å². The maximum Gasteiger partial charge on any atom is 0.0618 e. The topological polar surface area (TPSA) is 32.7 Å². The Morgan fingerprint density at radius 2 is 1.94 bits per heavy atom. The maximum atomic E-state index is 9.65. The van der Waals surface area contributed by atoms with Crippen molar-refractivity contribution in [2.75, 3.05) is 32.9 Å². The molecule has 0 spiro atoms. The molecule has 3 aliphatic heterocycles. The number of hydrogen-bond acceptors (Lipinski definition) is 3. The molecule has 104 valence electrons. The Hall–Kier alpha value is -0.380. The third kappa shape index (κ3) is 2.49. The Kier molecular flexibility index (Phi) is 4.82. The number of rotatable bonds is 1. The van der Waals surface area contributed by atoms with Crippen LogP contribution in [0.2, 0.25) is 0 Å². The highest BCUT2D eigenvalue weighted by Gasteiger charge is 2.46. The molecule has 1 N–H and O–H groups in total.